The van der Waals surface area contributed by atoms with E-state index in [2.05, 4.69) is 37.5 Å². The lowest BCUT2D eigenvalue weighted by Crippen LogP contribution is -2.28. The van der Waals surface area contributed by atoms with Crippen LogP contribution in [0.25, 0.3) is 0 Å². The smallest absolute Gasteiger partial charge is 0.314 e. The number of rotatable bonds is 23. The molecule has 0 saturated carbocycles. The minimum absolute atomic E-state index is 0.0177. The second-order valence-electron chi connectivity index (χ2n) is 14.8. The Morgan fingerprint density at radius 2 is 1.13 bits per heavy atom. The molecule has 326 valence electrons. The Kier molecular flexibility index (Phi) is 17.7. The molecule has 0 spiro atoms. The molecular weight excluding hydrogens is 769 g/mol. The number of unbranched alkanes of at least 4 members (excludes halogenated alkanes) is 1. The Labute approximate surface area is 352 Å². The number of aromatic nitrogens is 4. The van der Waals surface area contributed by atoms with Crippen LogP contribution in [0, 0.1) is 13.8 Å². The van der Waals surface area contributed by atoms with Gasteiger partial charge >= 0.3 is 11.9 Å². The number of hydrogen-bond acceptors (Lipinski definition) is 16. The van der Waals surface area contributed by atoms with Gasteiger partial charge in [0.1, 0.15) is 23.1 Å². The number of carbonyl (C=O) groups is 2. The SMILES string of the molecule is CCCCC(CCO)Nc1nc(N)nc(C)c1Cc1ccc(C(C(=O)OC)C(C(=O)OC)c2ccc(Cc3c(C)nc(N)nc3NC(CO)CCC)c(OC)c2)cc1OC. The minimum atomic E-state index is -1.14. The minimum Gasteiger partial charge on any atom is -0.496 e. The van der Waals surface area contributed by atoms with Crippen LogP contribution in [0.5, 0.6) is 11.5 Å². The Hall–Kier alpha value is -5.74. The average molecular weight is 831 g/mol. The molecule has 4 atom stereocenters. The van der Waals surface area contributed by atoms with Gasteiger partial charge in [0.25, 0.3) is 0 Å². The van der Waals surface area contributed by atoms with Crippen LogP contribution < -0.4 is 31.6 Å². The van der Waals surface area contributed by atoms with E-state index < -0.39 is 23.8 Å². The highest BCUT2D eigenvalue weighted by Crippen LogP contribution is 2.40. The first-order chi connectivity index (χ1) is 28.9. The van der Waals surface area contributed by atoms with Gasteiger partial charge in [0, 0.05) is 48.0 Å². The molecule has 0 amide bonds. The number of methoxy groups -OCH3 is 4. The van der Waals surface area contributed by atoms with Crippen LogP contribution in [0.4, 0.5) is 23.5 Å². The Morgan fingerprint density at radius 1 is 0.667 bits per heavy atom. The van der Waals surface area contributed by atoms with E-state index >= 15 is 0 Å². The predicted molar refractivity (Wildman–Crippen MR) is 232 cm³/mol. The molecule has 0 aliphatic rings. The molecule has 0 aliphatic carbocycles. The van der Waals surface area contributed by atoms with Crippen molar-refractivity contribution in [2.24, 2.45) is 0 Å². The molecule has 4 aromatic rings. The first-order valence-corrected chi connectivity index (χ1v) is 20.4. The summed E-state index contributed by atoms with van der Waals surface area (Å²) in [5, 5.41) is 26.6. The summed E-state index contributed by atoms with van der Waals surface area (Å²) >= 11 is 0. The lowest BCUT2D eigenvalue weighted by Gasteiger charge is -2.26. The van der Waals surface area contributed by atoms with Gasteiger partial charge in [0.15, 0.2) is 0 Å². The van der Waals surface area contributed by atoms with E-state index in [-0.39, 0.29) is 37.2 Å². The van der Waals surface area contributed by atoms with Crippen molar-refractivity contribution in [3.05, 3.63) is 81.2 Å². The van der Waals surface area contributed by atoms with Crippen molar-refractivity contribution >= 4 is 35.5 Å². The highest BCUT2D eigenvalue weighted by Gasteiger charge is 2.39. The van der Waals surface area contributed by atoms with Gasteiger partial charge in [-0.05, 0) is 67.5 Å². The van der Waals surface area contributed by atoms with Gasteiger partial charge in [-0.3, -0.25) is 9.59 Å². The van der Waals surface area contributed by atoms with E-state index in [1.807, 2.05) is 32.9 Å². The number of aliphatic hydroxyl groups is 2. The zero-order valence-corrected chi connectivity index (χ0v) is 36.1. The van der Waals surface area contributed by atoms with Gasteiger partial charge in [-0.15, -0.1) is 0 Å². The summed E-state index contributed by atoms with van der Waals surface area (Å²) in [7, 11) is 5.60. The maximum atomic E-state index is 13.8. The van der Waals surface area contributed by atoms with Crippen molar-refractivity contribution in [3.63, 3.8) is 0 Å². The molecule has 4 unspecified atom stereocenters. The van der Waals surface area contributed by atoms with E-state index in [0.29, 0.717) is 64.9 Å². The number of aryl methyl sites for hydroxylation is 2. The lowest BCUT2D eigenvalue weighted by molar-refractivity contribution is -0.150. The van der Waals surface area contributed by atoms with Gasteiger partial charge in [-0.25, -0.2) is 9.97 Å². The fraction of sp³-hybridized carbons (Fsp3) is 0.500. The average Bonchev–Trinajstić information content (AvgIpc) is 3.23. The molecule has 60 heavy (non-hydrogen) atoms. The molecule has 0 bridgehead atoms. The van der Waals surface area contributed by atoms with Crippen LogP contribution in [0.2, 0.25) is 0 Å². The fourth-order valence-electron chi connectivity index (χ4n) is 7.50. The van der Waals surface area contributed by atoms with E-state index in [0.717, 1.165) is 54.4 Å². The molecule has 2 aromatic carbocycles. The van der Waals surface area contributed by atoms with Gasteiger partial charge in [-0.1, -0.05) is 57.4 Å². The van der Waals surface area contributed by atoms with Crippen molar-refractivity contribution < 1.29 is 38.7 Å². The molecule has 0 radical (unpaired) electrons. The molecule has 0 saturated heterocycles. The van der Waals surface area contributed by atoms with Gasteiger partial charge in [0.05, 0.1) is 52.9 Å². The first kappa shape index (κ1) is 46.9. The zero-order valence-electron chi connectivity index (χ0n) is 36.1. The number of ether oxygens (including phenoxy) is 4. The van der Waals surface area contributed by atoms with Crippen molar-refractivity contribution in [1.82, 2.24) is 19.9 Å². The van der Waals surface area contributed by atoms with Gasteiger partial charge in [0.2, 0.25) is 11.9 Å². The monoisotopic (exact) mass is 830 g/mol. The molecule has 0 fully saturated rings. The van der Waals surface area contributed by atoms with Crippen molar-refractivity contribution in [3.8, 4) is 11.5 Å². The van der Waals surface area contributed by atoms with Gasteiger partial charge in [-0.2, -0.15) is 9.97 Å². The summed E-state index contributed by atoms with van der Waals surface area (Å²) in [5.41, 5.74) is 17.5. The lowest BCUT2D eigenvalue weighted by atomic mass is 9.80. The Bertz CT molecular complexity index is 2070. The first-order valence-electron chi connectivity index (χ1n) is 20.4. The third kappa shape index (κ3) is 11.7. The number of nitrogen functional groups attached to an aromatic ring is 2. The summed E-state index contributed by atoms with van der Waals surface area (Å²) in [4.78, 5) is 45.4. The number of esters is 2. The van der Waals surface area contributed by atoms with Crippen molar-refractivity contribution in [2.45, 2.75) is 103 Å². The van der Waals surface area contributed by atoms with Crippen LogP contribution in [0.1, 0.15) is 109 Å². The zero-order chi connectivity index (χ0) is 43.9. The summed E-state index contributed by atoms with van der Waals surface area (Å²) in [6, 6.07) is 10.4. The van der Waals surface area contributed by atoms with E-state index in [9.17, 15) is 19.8 Å². The van der Waals surface area contributed by atoms with Crippen LogP contribution in [0.3, 0.4) is 0 Å². The number of carbonyl (C=O) groups excluding carboxylic acids is 2. The molecule has 16 heteroatoms. The molecular formula is C44H62N8O8. The Morgan fingerprint density at radius 3 is 1.52 bits per heavy atom. The highest BCUT2D eigenvalue weighted by molar-refractivity contribution is 5.90. The van der Waals surface area contributed by atoms with E-state index in [1.165, 1.54) is 28.4 Å². The molecule has 2 aromatic heterocycles. The third-order valence-electron chi connectivity index (χ3n) is 10.7. The molecule has 8 N–H and O–H groups in total. The van der Waals surface area contributed by atoms with E-state index in [4.69, 9.17) is 30.4 Å². The Balaban J connectivity index is 1.76. The largest absolute Gasteiger partial charge is 0.496 e. The second kappa shape index (κ2) is 22.6. The quantitative estimate of drug-likeness (QED) is 0.0514. The van der Waals surface area contributed by atoms with Crippen molar-refractivity contribution in [2.75, 3.05) is 63.8 Å². The number of hydrogen-bond donors (Lipinski definition) is 6. The summed E-state index contributed by atoms with van der Waals surface area (Å²) in [5.74, 6) is -1.36. The summed E-state index contributed by atoms with van der Waals surface area (Å²) < 4.78 is 22.4. The third-order valence-corrected chi connectivity index (χ3v) is 10.7. The number of nitrogens with one attached hydrogen (secondary N) is 2. The second-order valence-corrected chi connectivity index (χ2v) is 14.8. The predicted octanol–water partition coefficient (Wildman–Crippen LogP) is 5.39. The number of anilines is 4. The summed E-state index contributed by atoms with van der Waals surface area (Å²) in [6.07, 6.45) is 5.66. The van der Waals surface area contributed by atoms with Crippen molar-refractivity contribution in [1.29, 1.82) is 0 Å². The number of benzene rings is 2. The standard InChI is InChI=1S/C44H62N8O8/c1-9-11-13-31(18-19-53)49-39-33(25(3)47-43(45)51-39)20-27-14-16-29(22-35(27)57-5)37(41(55)59-7)38(42(56)60-8)30-17-15-28(36(23-30)58-6)21-34-26(4)48-44(46)52-40(34)50-32(24-54)12-10-2/h14-17,22-23,31-32,37-38,53-54H,9-13,18-21,24H2,1-8H3,(H3,45,47,49,51)(H3,46,48,50,52). The maximum absolute atomic E-state index is 13.8. The van der Waals surface area contributed by atoms with E-state index in [1.54, 1.807) is 24.3 Å². The van der Waals surface area contributed by atoms with Crippen LogP contribution >= 0.6 is 0 Å². The highest BCUT2D eigenvalue weighted by atomic mass is 16.5. The normalized spacial score (nSPS) is 13.2. The molecule has 2 heterocycles. The topological polar surface area (TPSA) is 239 Å². The summed E-state index contributed by atoms with van der Waals surface area (Å²) in [6.45, 7) is 7.80. The molecule has 0 aliphatic heterocycles. The number of aliphatic hydroxyl groups excluding tert-OH is 2. The number of nitrogens with zero attached hydrogens (tertiary/aromatic N) is 4. The number of nitrogens with two attached hydrogens (primary N) is 2. The molecule has 4 rings (SSSR count). The van der Waals surface area contributed by atoms with Gasteiger partial charge < -0.3 is 51.3 Å². The van der Waals surface area contributed by atoms with Crippen LogP contribution in [0.15, 0.2) is 36.4 Å². The van der Waals surface area contributed by atoms with Crippen LogP contribution in [-0.2, 0) is 31.9 Å². The molecule has 16 nitrogen and oxygen atoms in total. The maximum Gasteiger partial charge on any atom is 0.314 e. The van der Waals surface area contributed by atoms with Crippen LogP contribution in [-0.4, -0.2) is 95.8 Å². The fourth-order valence-corrected chi connectivity index (χ4v) is 7.50.